The van der Waals surface area contributed by atoms with Crippen LogP contribution in [0.15, 0.2) is 48.8 Å². The van der Waals surface area contributed by atoms with E-state index in [4.69, 9.17) is 14.2 Å². The van der Waals surface area contributed by atoms with Crippen LogP contribution in [-0.4, -0.2) is 72.8 Å². The number of hydrogen-bond donors (Lipinski definition) is 0. The number of nitro benzene ring substituents is 1. The lowest BCUT2D eigenvalue weighted by molar-refractivity contribution is -0.385. The van der Waals surface area contributed by atoms with Gasteiger partial charge in [0.15, 0.2) is 11.5 Å². The molecule has 1 aliphatic heterocycles. The van der Waals surface area contributed by atoms with Crippen LogP contribution in [0.3, 0.4) is 0 Å². The van der Waals surface area contributed by atoms with Gasteiger partial charge < -0.3 is 24.0 Å². The first-order chi connectivity index (χ1) is 16.5. The highest BCUT2D eigenvalue weighted by molar-refractivity contribution is 5.99. The van der Waals surface area contributed by atoms with Crippen molar-refractivity contribution in [2.75, 3.05) is 52.4 Å². The zero-order valence-electron chi connectivity index (χ0n) is 19.1. The number of carbonyl (C=O) groups excluding carboxylic acids is 1. The molecule has 11 nitrogen and oxygen atoms in total. The first-order valence-electron chi connectivity index (χ1n) is 10.6. The van der Waals surface area contributed by atoms with Gasteiger partial charge in [-0.1, -0.05) is 6.07 Å². The van der Waals surface area contributed by atoms with Gasteiger partial charge in [-0.3, -0.25) is 19.5 Å². The van der Waals surface area contributed by atoms with Crippen molar-refractivity contribution in [1.82, 2.24) is 14.5 Å². The number of hydrogen-bond acceptors (Lipinski definition) is 8. The minimum Gasteiger partial charge on any atom is -0.497 e. The smallest absolute Gasteiger partial charge is 0.286 e. The maximum Gasteiger partial charge on any atom is 0.286 e. The molecule has 2 aromatic carbocycles. The average molecular weight is 467 g/mol. The van der Waals surface area contributed by atoms with Crippen molar-refractivity contribution in [3.8, 4) is 22.9 Å². The number of rotatable bonds is 7. The second-order valence-corrected chi connectivity index (χ2v) is 7.56. The summed E-state index contributed by atoms with van der Waals surface area (Å²) in [6, 6.07) is 10.2. The number of ether oxygens (including phenoxy) is 3. The Morgan fingerprint density at radius 2 is 1.71 bits per heavy atom. The Balaban J connectivity index is 1.53. The predicted octanol–water partition coefficient (Wildman–Crippen LogP) is 2.77. The van der Waals surface area contributed by atoms with E-state index >= 15 is 0 Å². The fraction of sp³-hybridized carbons (Fsp3) is 0.304. The van der Waals surface area contributed by atoms with E-state index in [0.717, 1.165) is 17.4 Å². The molecular formula is C23H25N5O6. The summed E-state index contributed by atoms with van der Waals surface area (Å²) in [6.45, 7) is 1.81. The van der Waals surface area contributed by atoms with Gasteiger partial charge in [0.05, 0.1) is 38.0 Å². The van der Waals surface area contributed by atoms with Gasteiger partial charge in [0, 0.05) is 50.7 Å². The third-order valence-electron chi connectivity index (χ3n) is 5.73. The first-order valence-corrected chi connectivity index (χ1v) is 10.6. The second-order valence-electron chi connectivity index (χ2n) is 7.56. The van der Waals surface area contributed by atoms with Crippen LogP contribution in [0.2, 0.25) is 0 Å². The lowest BCUT2D eigenvalue weighted by atomic mass is 10.1. The minimum absolute atomic E-state index is 0.0334. The van der Waals surface area contributed by atoms with Gasteiger partial charge >= 0.3 is 0 Å². The number of imidazole rings is 1. The molecule has 0 saturated carbocycles. The van der Waals surface area contributed by atoms with Crippen molar-refractivity contribution in [3.05, 3.63) is 64.5 Å². The molecule has 1 fully saturated rings. The van der Waals surface area contributed by atoms with Crippen LogP contribution in [0.25, 0.3) is 5.69 Å². The molecule has 1 saturated heterocycles. The normalized spacial score (nSPS) is 13.5. The van der Waals surface area contributed by atoms with E-state index in [2.05, 4.69) is 9.88 Å². The van der Waals surface area contributed by atoms with Crippen molar-refractivity contribution in [3.63, 3.8) is 0 Å². The molecule has 0 atom stereocenters. The third-order valence-corrected chi connectivity index (χ3v) is 5.73. The SMILES string of the molecule is COc1cccc(-n2ccnc2N2CCN(C(=O)c3cc(OC)c(OC)cc3[N+](=O)[O-])CC2)c1. The van der Waals surface area contributed by atoms with Crippen molar-refractivity contribution < 1.29 is 23.9 Å². The van der Waals surface area contributed by atoms with E-state index in [9.17, 15) is 14.9 Å². The fourth-order valence-corrected chi connectivity index (χ4v) is 3.96. The van der Waals surface area contributed by atoms with Crippen LogP contribution in [0.5, 0.6) is 17.2 Å². The maximum atomic E-state index is 13.2. The van der Waals surface area contributed by atoms with Gasteiger partial charge in [-0.25, -0.2) is 4.98 Å². The van der Waals surface area contributed by atoms with Crippen LogP contribution >= 0.6 is 0 Å². The van der Waals surface area contributed by atoms with Crippen LogP contribution in [0.1, 0.15) is 10.4 Å². The van der Waals surface area contributed by atoms with Crippen molar-refractivity contribution in [2.24, 2.45) is 0 Å². The molecule has 0 bridgehead atoms. The van der Waals surface area contributed by atoms with E-state index < -0.39 is 10.8 Å². The van der Waals surface area contributed by atoms with Crippen LogP contribution < -0.4 is 19.1 Å². The summed E-state index contributed by atoms with van der Waals surface area (Å²) in [5.41, 5.74) is 0.555. The van der Waals surface area contributed by atoms with Crippen LogP contribution in [0, 0.1) is 10.1 Å². The van der Waals surface area contributed by atoms with E-state index in [1.807, 2.05) is 35.0 Å². The van der Waals surface area contributed by atoms with Crippen molar-refractivity contribution >= 4 is 17.5 Å². The number of anilines is 1. The topological polar surface area (TPSA) is 112 Å². The van der Waals surface area contributed by atoms with Gasteiger partial charge in [0.25, 0.3) is 11.6 Å². The van der Waals surface area contributed by atoms with Crippen molar-refractivity contribution in [1.29, 1.82) is 0 Å². The highest BCUT2D eigenvalue weighted by atomic mass is 16.6. The van der Waals surface area contributed by atoms with Gasteiger partial charge in [0.2, 0.25) is 5.95 Å². The maximum absolute atomic E-state index is 13.2. The standard InChI is InChI=1S/C23H25N5O6/c1-32-17-6-4-5-16(13-17)27-8-7-24-23(27)26-11-9-25(10-12-26)22(29)18-14-20(33-2)21(34-3)15-19(18)28(30)31/h4-8,13-15H,9-12H2,1-3H3. The molecule has 0 aliphatic carbocycles. The minimum atomic E-state index is -0.587. The molecule has 34 heavy (non-hydrogen) atoms. The number of nitrogens with zero attached hydrogens (tertiary/aromatic N) is 5. The Hall–Kier alpha value is -4.28. The van der Waals surface area contributed by atoms with Crippen molar-refractivity contribution in [2.45, 2.75) is 0 Å². The number of amides is 1. The molecule has 1 amide bonds. The molecule has 0 N–H and O–H groups in total. The predicted molar refractivity (Wildman–Crippen MR) is 124 cm³/mol. The highest BCUT2D eigenvalue weighted by Crippen LogP contribution is 2.35. The number of benzene rings is 2. The summed E-state index contributed by atoms with van der Waals surface area (Å²) in [5, 5.41) is 11.6. The number of nitro groups is 1. The molecular weight excluding hydrogens is 442 g/mol. The highest BCUT2D eigenvalue weighted by Gasteiger charge is 2.30. The lowest BCUT2D eigenvalue weighted by Crippen LogP contribution is -2.49. The zero-order chi connectivity index (χ0) is 24.2. The molecule has 1 aliphatic rings. The fourth-order valence-electron chi connectivity index (χ4n) is 3.96. The summed E-state index contributed by atoms with van der Waals surface area (Å²) >= 11 is 0. The van der Waals surface area contributed by atoms with E-state index in [0.29, 0.717) is 26.2 Å². The Bertz CT molecular complexity index is 1200. The number of carbonyl (C=O) groups is 1. The molecule has 1 aromatic heterocycles. The summed E-state index contributed by atoms with van der Waals surface area (Å²) in [7, 11) is 4.42. The van der Waals surface area contributed by atoms with Gasteiger partial charge in [-0.15, -0.1) is 0 Å². The number of methoxy groups -OCH3 is 3. The molecule has 2 heterocycles. The third kappa shape index (κ3) is 4.32. The second kappa shape index (κ2) is 9.69. The molecule has 11 heteroatoms. The monoisotopic (exact) mass is 467 g/mol. The first kappa shape index (κ1) is 22.9. The molecule has 0 spiro atoms. The Labute approximate surface area is 196 Å². The molecule has 4 rings (SSSR count). The summed E-state index contributed by atoms with van der Waals surface area (Å²) in [5.74, 6) is 1.51. The molecule has 0 unspecified atom stereocenters. The Kier molecular flexibility index (Phi) is 6.53. The number of piperazine rings is 1. The molecule has 178 valence electrons. The van der Waals surface area contributed by atoms with E-state index in [-0.39, 0.29) is 22.7 Å². The average Bonchev–Trinajstić information content (AvgIpc) is 3.37. The number of aromatic nitrogens is 2. The van der Waals surface area contributed by atoms with E-state index in [1.54, 1.807) is 18.2 Å². The lowest BCUT2D eigenvalue weighted by Gasteiger charge is -2.35. The Morgan fingerprint density at radius 3 is 2.35 bits per heavy atom. The van der Waals surface area contributed by atoms with Crippen LogP contribution in [0.4, 0.5) is 11.6 Å². The van der Waals surface area contributed by atoms with Crippen LogP contribution in [-0.2, 0) is 0 Å². The van der Waals surface area contributed by atoms with Gasteiger partial charge in [0.1, 0.15) is 11.3 Å². The summed E-state index contributed by atoms with van der Waals surface area (Å²) in [6.07, 6.45) is 3.59. The quantitative estimate of drug-likeness (QED) is 0.385. The van der Waals surface area contributed by atoms with Gasteiger partial charge in [-0.05, 0) is 12.1 Å². The summed E-state index contributed by atoms with van der Waals surface area (Å²) in [4.78, 5) is 32.4. The molecule has 0 radical (unpaired) electrons. The largest absolute Gasteiger partial charge is 0.497 e. The van der Waals surface area contributed by atoms with E-state index in [1.165, 1.54) is 26.4 Å². The summed E-state index contributed by atoms with van der Waals surface area (Å²) < 4.78 is 17.7. The zero-order valence-corrected chi connectivity index (χ0v) is 19.1. The van der Waals surface area contributed by atoms with Gasteiger partial charge in [-0.2, -0.15) is 0 Å². The molecule has 3 aromatic rings. The Morgan fingerprint density at radius 1 is 1.00 bits per heavy atom.